The minimum absolute atomic E-state index is 0. The van der Waals surface area contributed by atoms with E-state index < -0.39 is 5.82 Å². The quantitative estimate of drug-likeness (QED) is 0.0828. The van der Waals surface area contributed by atoms with E-state index in [0.29, 0.717) is 11.3 Å². The summed E-state index contributed by atoms with van der Waals surface area (Å²) in [5, 5.41) is 1.98. The predicted octanol–water partition coefficient (Wildman–Crippen LogP) is 26.2. The molecule has 0 spiro atoms. The van der Waals surface area contributed by atoms with E-state index in [0.717, 1.165) is 107 Å². The summed E-state index contributed by atoms with van der Waals surface area (Å²) in [7, 11) is 0. The number of pyridine rings is 1. The van der Waals surface area contributed by atoms with Crippen molar-refractivity contribution >= 4 is 10.8 Å². The van der Waals surface area contributed by atoms with Crippen LogP contribution in [0.1, 0.15) is 151 Å². The molecule has 0 saturated heterocycles. The molecule has 0 bridgehead atoms. The van der Waals surface area contributed by atoms with Gasteiger partial charge in [-0.2, -0.15) is 0 Å². The second kappa shape index (κ2) is 25.5. The Morgan fingerprint density at radius 2 is 0.684 bits per heavy atom. The molecule has 0 fully saturated rings. The zero-order valence-electron chi connectivity index (χ0n) is 57.6. The van der Waals surface area contributed by atoms with Gasteiger partial charge in [0.25, 0.3) is 0 Å². The third-order valence-corrected chi connectivity index (χ3v) is 24.1. The van der Waals surface area contributed by atoms with E-state index in [2.05, 4.69) is 310 Å². The molecule has 1 nitrogen and oxygen atoms in total. The molecule has 485 valence electrons. The van der Waals surface area contributed by atoms with Gasteiger partial charge in [0.2, 0.25) is 0 Å². The van der Waals surface area contributed by atoms with Gasteiger partial charge in [-0.3, -0.25) is 0 Å². The van der Waals surface area contributed by atoms with Crippen molar-refractivity contribution in [3.05, 3.63) is 317 Å². The molecular formula is C95H83FIrN-. The van der Waals surface area contributed by atoms with Gasteiger partial charge < -0.3 is 4.98 Å². The van der Waals surface area contributed by atoms with Crippen LogP contribution in [0.2, 0.25) is 0 Å². The number of aromatic nitrogens is 1. The minimum Gasteiger partial charge on any atom is -0.304 e. The fourth-order valence-electron chi connectivity index (χ4n) is 18.7. The van der Waals surface area contributed by atoms with Gasteiger partial charge in [0.1, 0.15) is 0 Å². The first-order valence-electron chi connectivity index (χ1n) is 35.8. The zero-order valence-corrected chi connectivity index (χ0v) is 60.0. The van der Waals surface area contributed by atoms with Gasteiger partial charge >= 0.3 is 0 Å². The van der Waals surface area contributed by atoms with Gasteiger partial charge in [0, 0.05) is 53.8 Å². The Hall–Kier alpha value is -9.37. The van der Waals surface area contributed by atoms with Crippen molar-refractivity contribution in [3.63, 3.8) is 0 Å². The largest absolute Gasteiger partial charge is 0.304 e. The van der Waals surface area contributed by atoms with Gasteiger partial charge in [-0.15, -0.1) is 17.7 Å². The average molecular weight is 1450 g/mol. The van der Waals surface area contributed by atoms with E-state index in [4.69, 9.17) is 4.98 Å². The molecule has 0 unspecified atom stereocenters. The van der Waals surface area contributed by atoms with Crippen LogP contribution in [0.25, 0.3) is 122 Å². The Kier molecular flexibility index (Phi) is 16.8. The Labute approximate surface area is 593 Å². The number of fused-ring (bicyclic) bond motifs is 10. The van der Waals surface area contributed by atoms with Gasteiger partial charge in [-0.05, 0) is 268 Å². The van der Waals surface area contributed by atoms with E-state index in [1.54, 1.807) is 6.07 Å². The molecule has 0 atom stereocenters. The first-order chi connectivity index (χ1) is 47.5. The van der Waals surface area contributed by atoms with Crippen molar-refractivity contribution in [1.82, 2.24) is 4.98 Å². The van der Waals surface area contributed by atoms with E-state index in [1.165, 1.54) is 100 Å². The maximum absolute atomic E-state index is 17.1. The van der Waals surface area contributed by atoms with Gasteiger partial charge in [-0.25, -0.2) is 4.39 Å². The second-order valence-corrected chi connectivity index (χ2v) is 27.8. The molecule has 98 heavy (non-hydrogen) atoms. The maximum Gasteiger partial charge on any atom is 0.0410 e. The molecule has 16 rings (SSSR count). The Bertz CT molecular complexity index is 5120. The molecule has 3 aliphatic carbocycles. The maximum atomic E-state index is 17.1. The van der Waals surface area contributed by atoms with Crippen LogP contribution in [0.15, 0.2) is 261 Å². The molecule has 1 heterocycles. The summed E-state index contributed by atoms with van der Waals surface area (Å²) < 4.78 is 17.1. The Balaban J connectivity index is 0.00000784. The monoisotopic (exact) mass is 1450 g/mol. The third-order valence-electron chi connectivity index (χ3n) is 24.1. The van der Waals surface area contributed by atoms with Crippen LogP contribution in [0.4, 0.5) is 4.39 Å². The number of halogens is 1. The van der Waals surface area contributed by atoms with Crippen LogP contribution in [0.5, 0.6) is 0 Å². The van der Waals surface area contributed by atoms with Crippen LogP contribution < -0.4 is 0 Å². The smallest absolute Gasteiger partial charge is 0.0410 e. The third kappa shape index (κ3) is 9.95. The summed E-state index contributed by atoms with van der Waals surface area (Å²) in [5.41, 5.74) is 33.1. The molecular weight excluding hydrogens is 1370 g/mol. The van der Waals surface area contributed by atoms with Crippen molar-refractivity contribution in [3.8, 4) is 111 Å². The van der Waals surface area contributed by atoms with Crippen molar-refractivity contribution in [2.75, 3.05) is 0 Å². The molecule has 0 saturated carbocycles. The number of nitrogens with zero attached hydrogens (tertiary/aromatic N) is 1. The Morgan fingerprint density at radius 1 is 0.306 bits per heavy atom. The summed E-state index contributed by atoms with van der Waals surface area (Å²) >= 11 is 0. The fraction of sp³-hybridized carbons (Fsp3) is 0.211. The summed E-state index contributed by atoms with van der Waals surface area (Å²) in [6, 6.07) is 98.7. The molecule has 3 heteroatoms. The van der Waals surface area contributed by atoms with Crippen molar-refractivity contribution < 1.29 is 24.5 Å². The summed E-state index contributed by atoms with van der Waals surface area (Å²) in [6.07, 6.45) is 9.91. The van der Waals surface area contributed by atoms with Gasteiger partial charge in [0.15, 0.2) is 0 Å². The van der Waals surface area contributed by atoms with E-state index in [-0.39, 0.29) is 41.8 Å². The Morgan fingerprint density at radius 3 is 1.14 bits per heavy atom. The molecule has 1 radical (unpaired) electrons. The number of hydrogen-bond donors (Lipinski definition) is 0. The normalized spacial score (nSPS) is 14.1. The average Bonchev–Trinajstić information content (AvgIpc) is 1.55. The summed E-state index contributed by atoms with van der Waals surface area (Å²) in [6.45, 7) is 18.7. The van der Waals surface area contributed by atoms with Crippen molar-refractivity contribution in [2.45, 2.75) is 128 Å². The van der Waals surface area contributed by atoms with E-state index >= 15 is 4.39 Å². The van der Waals surface area contributed by atoms with Crippen molar-refractivity contribution in [2.24, 2.45) is 0 Å². The van der Waals surface area contributed by atoms with Crippen LogP contribution in [-0.2, 0) is 41.8 Å². The molecule has 13 aromatic rings. The number of rotatable bonds is 17. The van der Waals surface area contributed by atoms with Crippen LogP contribution in [0.3, 0.4) is 0 Å². The number of hydrogen-bond acceptors (Lipinski definition) is 1. The van der Waals surface area contributed by atoms with Crippen LogP contribution in [0, 0.1) is 11.9 Å². The van der Waals surface area contributed by atoms with Gasteiger partial charge in [-0.1, -0.05) is 249 Å². The second-order valence-electron chi connectivity index (χ2n) is 27.8. The zero-order chi connectivity index (χ0) is 66.4. The summed E-state index contributed by atoms with van der Waals surface area (Å²) in [4.78, 5) is 5.16. The molecule has 0 aliphatic heterocycles. The first kappa shape index (κ1) is 64.6. The first-order valence-corrected chi connectivity index (χ1v) is 35.8. The molecule has 3 aliphatic rings. The van der Waals surface area contributed by atoms with Crippen LogP contribution in [-0.4, -0.2) is 4.98 Å². The fourth-order valence-corrected chi connectivity index (χ4v) is 18.7. The van der Waals surface area contributed by atoms with E-state index in [1.807, 2.05) is 6.20 Å². The standard InChI is InChI=1S/C95H83FN.Ir/c1-9-92(10-2,73-29-18-17-19-30-73)74-31-26-28-61(55-74)65-48-66(62-40-43-81-78-32-20-23-37-85(78)93(11-3,12-4)88(81)58-62)51-69(50-65)70-54-72(57-75(96)56-70)91-84-36-27-35-76(77(84)46-47-97-91)71-52-67(63-41-44-82-79-33-21-24-38-86(79)94(13-5,14-6)89(82)59-63)49-68(53-71)64-42-45-83-80-34-22-25-39-87(80)95(15-7,16-8)90(83)60-64;/h17-56,58-60H,9-16H2,1-8H3;/q-1;. The SMILES string of the molecule is CCC(CC)(c1ccccc1)c1cccc(-c2cc(-c3cc(F)[c-]c(-c4nccc5c(-c6cc(-c7ccc8c(c7)C(CC)(CC)c7ccccc7-8)cc(-c7ccc8c(c7)C(CC)(CC)c7ccccc7-8)c6)cccc45)c3)cc(-c3ccc4c(c3)C(CC)(CC)c3ccccc3-4)c2)c1.[Ir]. The van der Waals surface area contributed by atoms with Gasteiger partial charge in [0.05, 0.1) is 0 Å². The molecule has 12 aromatic carbocycles. The van der Waals surface area contributed by atoms with Crippen molar-refractivity contribution in [1.29, 1.82) is 0 Å². The number of benzene rings is 12. The molecule has 0 N–H and O–H groups in total. The topological polar surface area (TPSA) is 12.9 Å². The van der Waals surface area contributed by atoms with E-state index in [9.17, 15) is 0 Å². The molecule has 1 aromatic heterocycles. The predicted molar refractivity (Wildman–Crippen MR) is 407 cm³/mol. The summed E-state index contributed by atoms with van der Waals surface area (Å²) in [5.74, 6) is -0.432. The van der Waals surface area contributed by atoms with Crippen LogP contribution >= 0.6 is 0 Å². The minimum atomic E-state index is -0.432. The molecule has 0 amide bonds.